The van der Waals surface area contributed by atoms with E-state index in [1.807, 2.05) is 0 Å². The fourth-order valence-electron chi connectivity index (χ4n) is 2.07. The first-order valence-corrected chi connectivity index (χ1v) is 5.96. The van der Waals surface area contributed by atoms with Gasteiger partial charge in [0, 0.05) is 5.69 Å². The SMILES string of the molecule is Cc1ccc(NC(=O)[C@H]2CCCN2)cc1C(=O)O. The molecule has 3 N–H and O–H groups in total. The molecule has 1 heterocycles. The van der Waals surface area contributed by atoms with Crippen molar-refractivity contribution in [1.29, 1.82) is 0 Å². The van der Waals surface area contributed by atoms with Crippen molar-refractivity contribution in [3.63, 3.8) is 0 Å². The number of aromatic carboxylic acids is 1. The molecule has 0 spiro atoms. The number of carboxylic acids is 1. The van der Waals surface area contributed by atoms with E-state index in [-0.39, 0.29) is 17.5 Å². The van der Waals surface area contributed by atoms with Gasteiger partial charge in [0.2, 0.25) is 5.91 Å². The number of aryl methyl sites for hydroxylation is 1. The second-order valence-electron chi connectivity index (χ2n) is 4.47. The third-order valence-electron chi connectivity index (χ3n) is 3.11. The molecule has 1 fully saturated rings. The molecule has 0 unspecified atom stereocenters. The van der Waals surface area contributed by atoms with Gasteiger partial charge in [0.1, 0.15) is 0 Å². The first-order chi connectivity index (χ1) is 8.58. The van der Waals surface area contributed by atoms with E-state index in [0.717, 1.165) is 19.4 Å². The fourth-order valence-corrected chi connectivity index (χ4v) is 2.07. The highest BCUT2D eigenvalue weighted by atomic mass is 16.4. The summed E-state index contributed by atoms with van der Waals surface area (Å²) in [5.74, 6) is -1.09. The van der Waals surface area contributed by atoms with Gasteiger partial charge < -0.3 is 15.7 Å². The van der Waals surface area contributed by atoms with Crippen LogP contribution in [0, 0.1) is 6.92 Å². The van der Waals surface area contributed by atoms with Crippen LogP contribution >= 0.6 is 0 Å². The van der Waals surface area contributed by atoms with Crippen molar-refractivity contribution in [2.45, 2.75) is 25.8 Å². The van der Waals surface area contributed by atoms with Crippen molar-refractivity contribution in [3.05, 3.63) is 29.3 Å². The lowest BCUT2D eigenvalue weighted by Crippen LogP contribution is -2.35. The summed E-state index contributed by atoms with van der Waals surface area (Å²) in [6, 6.07) is 4.74. The van der Waals surface area contributed by atoms with Crippen molar-refractivity contribution < 1.29 is 14.7 Å². The molecular weight excluding hydrogens is 232 g/mol. The van der Waals surface area contributed by atoms with Gasteiger partial charge >= 0.3 is 5.97 Å². The van der Waals surface area contributed by atoms with Gasteiger partial charge in [-0.3, -0.25) is 4.79 Å². The molecule has 1 amide bonds. The molecule has 1 atom stereocenters. The number of hydrogen-bond acceptors (Lipinski definition) is 3. The number of carbonyl (C=O) groups excluding carboxylic acids is 1. The summed E-state index contributed by atoms with van der Waals surface area (Å²) in [4.78, 5) is 22.9. The molecule has 0 radical (unpaired) electrons. The van der Waals surface area contributed by atoms with Crippen molar-refractivity contribution >= 4 is 17.6 Å². The molecule has 0 bridgehead atoms. The van der Waals surface area contributed by atoms with Crippen LogP contribution in [0.1, 0.15) is 28.8 Å². The number of benzene rings is 1. The van der Waals surface area contributed by atoms with E-state index in [2.05, 4.69) is 10.6 Å². The predicted octanol–water partition coefficient (Wildman–Crippen LogP) is 1.38. The number of anilines is 1. The van der Waals surface area contributed by atoms with Gasteiger partial charge in [0.25, 0.3) is 0 Å². The Morgan fingerprint density at radius 3 is 2.83 bits per heavy atom. The lowest BCUT2D eigenvalue weighted by atomic mass is 10.1. The number of carbonyl (C=O) groups is 2. The summed E-state index contributed by atoms with van der Waals surface area (Å²) in [6.07, 6.45) is 1.82. The lowest BCUT2D eigenvalue weighted by Gasteiger charge is -2.12. The van der Waals surface area contributed by atoms with E-state index < -0.39 is 5.97 Å². The summed E-state index contributed by atoms with van der Waals surface area (Å²) in [5, 5.41) is 14.8. The largest absolute Gasteiger partial charge is 0.478 e. The second kappa shape index (κ2) is 5.18. The molecule has 1 aromatic carbocycles. The summed E-state index contributed by atoms with van der Waals surface area (Å²) in [5.41, 5.74) is 1.42. The maximum absolute atomic E-state index is 11.9. The Labute approximate surface area is 105 Å². The van der Waals surface area contributed by atoms with Gasteiger partial charge in [-0.1, -0.05) is 6.07 Å². The van der Waals surface area contributed by atoms with Gasteiger partial charge in [0.15, 0.2) is 0 Å². The summed E-state index contributed by atoms with van der Waals surface area (Å²) in [7, 11) is 0. The molecule has 96 valence electrons. The topological polar surface area (TPSA) is 78.4 Å². The van der Waals surface area contributed by atoms with Crippen LogP contribution in [-0.2, 0) is 4.79 Å². The van der Waals surface area contributed by atoms with Gasteiger partial charge in [0.05, 0.1) is 11.6 Å². The number of hydrogen-bond donors (Lipinski definition) is 3. The van der Waals surface area contributed by atoms with Crippen LogP contribution < -0.4 is 10.6 Å². The second-order valence-corrected chi connectivity index (χ2v) is 4.47. The molecule has 0 saturated carbocycles. The summed E-state index contributed by atoms with van der Waals surface area (Å²) in [6.45, 7) is 2.58. The Balaban J connectivity index is 2.11. The zero-order valence-electron chi connectivity index (χ0n) is 10.2. The van der Waals surface area contributed by atoms with Crippen LogP contribution in [0.15, 0.2) is 18.2 Å². The smallest absolute Gasteiger partial charge is 0.336 e. The Morgan fingerprint density at radius 1 is 1.44 bits per heavy atom. The maximum Gasteiger partial charge on any atom is 0.336 e. The van der Waals surface area contributed by atoms with Crippen LogP contribution in [0.5, 0.6) is 0 Å². The molecule has 0 aliphatic carbocycles. The zero-order valence-corrected chi connectivity index (χ0v) is 10.2. The molecule has 5 nitrogen and oxygen atoms in total. The van der Waals surface area contributed by atoms with E-state index >= 15 is 0 Å². The Kier molecular flexibility index (Phi) is 3.62. The highest BCUT2D eigenvalue weighted by Crippen LogP contribution is 2.16. The third-order valence-corrected chi connectivity index (χ3v) is 3.11. The molecule has 5 heteroatoms. The van der Waals surface area contributed by atoms with Crippen LogP contribution in [0.4, 0.5) is 5.69 Å². The van der Waals surface area contributed by atoms with Gasteiger partial charge in [-0.2, -0.15) is 0 Å². The van der Waals surface area contributed by atoms with Crippen molar-refractivity contribution in [2.75, 3.05) is 11.9 Å². The minimum absolute atomic E-state index is 0.104. The average Bonchev–Trinajstić information content (AvgIpc) is 2.85. The number of carboxylic acid groups (broad SMARTS) is 1. The molecule has 1 saturated heterocycles. The quantitative estimate of drug-likeness (QED) is 0.755. The first kappa shape index (κ1) is 12.6. The fraction of sp³-hybridized carbons (Fsp3) is 0.385. The Morgan fingerprint density at radius 2 is 2.22 bits per heavy atom. The molecule has 18 heavy (non-hydrogen) atoms. The number of amides is 1. The highest BCUT2D eigenvalue weighted by molar-refractivity contribution is 5.97. The highest BCUT2D eigenvalue weighted by Gasteiger charge is 2.22. The van der Waals surface area contributed by atoms with Crippen molar-refractivity contribution in [1.82, 2.24) is 5.32 Å². The average molecular weight is 248 g/mol. The van der Waals surface area contributed by atoms with Crippen LogP contribution in [0.2, 0.25) is 0 Å². The maximum atomic E-state index is 11.9. The van der Waals surface area contributed by atoms with Crippen molar-refractivity contribution in [3.8, 4) is 0 Å². The van der Waals surface area contributed by atoms with E-state index in [1.165, 1.54) is 6.07 Å². The molecule has 1 aliphatic heterocycles. The molecule has 0 aromatic heterocycles. The lowest BCUT2D eigenvalue weighted by molar-refractivity contribution is -0.117. The van der Waals surface area contributed by atoms with E-state index in [0.29, 0.717) is 11.3 Å². The van der Waals surface area contributed by atoms with Crippen molar-refractivity contribution in [2.24, 2.45) is 0 Å². The van der Waals surface area contributed by atoms with E-state index in [4.69, 9.17) is 5.11 Å². The normalized spacial score (nSPS) is 18.6. The van der Waals surface area contributed by atoms with Gasteiger partial charge in [-0.05, 0) is 44.0 Å². The van der Waals surface area contributed by atoms with Gasteiger partial charge in [-0.15, -0.1) is 0 Å². The number of rotatable bonds is 3. The minimum Gasteiger partial charge on any atom is -0.478 e. The summed E-state index contributed by atoms with van der Waals surface area (Å²) >= 11 is 0. The monoisotopic (exact) mass is 248 g/mol. The molecule has 2 rings (SSSR count). The van der Waals surface area contributed by atoms with Crippen LogP contribution in [0.3, 0.4) is 0 Å². The zero-order chi connectivity index (χ0) is 13.1. The molecule has 1 aliphatic rings. The summed E-state index contributed by atoms with van der Waals surface area (Å²) < 4.78 is 0. The molecule has 1 aromatic rings. The molecular formula is C13H16N2O3. The van der Waals surface area contributed by atoms with Crippen LogP contribution in [0.25, 0.3) is 0 Å². The third kappa shape index (κ3) is 2.68. The Bertz CT molecular complexity index is 479. The van der Waals surface area contributed by atoms with Gasteiger partial charge in [-0.25, -0.2) is 4.79 Å². The van der Waals surface area contributed by atoms with E-state index in [1.54, 1.807) is 19.1 Å². The minimum atomic E-state index is -0.984. The van der Waals surface area contributed by atoms with Crippen LogP contribution in [-0.4, -0.2) is 29.6 Å². The Hall–Kier alpha value is -1.88. The standard InChI is InChI=1S/C13H16N2O3/c1-8-4-5-9(7-10(8)13(17)18)15-12(16)11-3-2-6-14-11/h4-5,7,11,14H,2-3,6H2,1H3,(H,15,16)(H,17,18)/t11-/m1/s1. The first-order valence-electron chi connectivity index (χ1n) is 5.96. The predicted molar refractivity (Wildman–Crippen MR) is 67.8 cm³/mol. The van der Waals surface area contributed by atoms with E-state index in [9.17, 15) is 9.59 Å². The number of nitrogens with one attached hydrogen (secondary N) is 2.